The number of ketones is 1. The molecular formula is C55H40IrN2O2-2. The number of hydrogen-bond donors (Lipinski definition) is 1. The van der Waals surface area contributed by atoms with Crippen LogP contribution in [0.15, 0.2) is 206 Å². The molecule has 2 heterocycles. The minimum absolute atomic E-state index is 0. The SMILES string of the molecule is CC(=O)/C=C(/C)O.[Ir].[c-]1ccc2ccccc2c1-c1ccc(-c2cccc3ccccc23)cn1.[c-]1ccc2ccccc2c1-c1ccc(-c2cccc3ccccc23)cn1. The van der Waals surface area contributed by atoms with Crippen molar-refractivity contribution in [2.45, 2.75) is 13.8 Å². The third kappa shape index (κ3) is 9.30. The second-order valence-corrected chi connectivity index (χ2v) is 14.2. The molecule has 0 aliphatic rings. The Bertz CT molecular complexity index is 2680. The fourth-order valence-electron chi connectivity index (χ4n) is 7.40. The van der Waals surface area contributed by atoms with Crippen LogP contribution in [0.25, 0.3) is 87.9 Å². The Morgan fingerprint density at radius 1 is 0.467 bits per heavy atom. The molecule has 1 radical (unpaired) electrons. The van der Waals surface area contributed by atoms with E-state index in [1.54, 1.807) is 0 Å². The summed E-state index contributed by atoms with van der Waals surface area (Å²) in [6, 6.07) is 69.8. The maximum atomic E-state index is 10.0. The van der Waals surface area contributed by atoms with Gasteiger partial charge in [0.25, 0.3) is 0 Å². The second kappa shape index (κ2) is 19.1. The Morgan fingerprint density at radius 3 is 1.18 bits per heavy atom. The smallest absolute Gasteiger partial charge is 0.155 e. The van der Waals surface area contributed by atoms with Crippen LogP contribution in [0.4, 0.5) is 0 Å². The number of carbonyl (C=O) groups is 1. The molecule has 60 heavy (non-hydrogen) atoms. The molecule has 0 fully saturated rings. The van der Waals surface area contributed by atoms with Crippen LogP contribution in [-0.2, 0) is 24.9 Å². The molecule has 0 unspecified atom stereocenters. The van der Waals surface area contributed by atoms with Crippen molar-refractivity contribution >= 4 is 48.9 Å². The van der Waals surface area contributed by atoms with Crippen LogP contribution in [-0.4, -0.2) is 20.9 Å². The molecule has 2 aromatic heterocycles. The van der Waals surface area contributed by atoms with Crippen molar-refractivity contribution < 1.29 is 30.0 Å². The third-order valence-corrected chi connectivity index (χ3v) is 10.1. The predicted molar refractivity (Wildman–Crippen MR) is 245 cm³/mol. The average Bonchev–Trinajstić information content (AvgIpc) is 3.28. The van der Waals surface area contributed by atoms with Gasteiger partial charge in [-0.2, -0.15) is 0 Å². The number of allylic oxidation sites excluding steroid dienone is 2. The van der Waals surface area contributed by atoms with E-state index < -0.39 is 0 Å². The van der Waals surface area contributed by atoms with Gasteiger partial charge in [0.1, 0.15) is 0 Å². The van der Waals surface area contributed by atoms with E-state index in [9.17, 15) is 4.79 Å². The molecule has 0 saturated heterocycles. The Hall–Kier alpha value is -7.04. The second-order valence-electron chi connectivity index (χ2n) is 14.2. The first-order valence-electron chi connectivity index (χ1n) is 19.5. The molecule has 10 aromatic rings. The molecule has 0 aliphatic carbocycles. The maximum absolute atomic E-state index is 10.0. The normalized spacial score (nSPS) is 10.9. The van der Waals surface area contributed by atoms with E-state index in [4.69, 9.17) is 15.1 Å². The zero-order valence-electron chi connectivity index (χ0n) is 33.1. The molecule has 8 aromatic carbocycles. The largest absolute Gasteiger partial charge is 0.512 e. The summed E-state index contributed by atoms with van der Waals surface area (Å²) in [6.07, 6.45) is 5.10. The van der Waals surface area contributed by atoms with Gasteiger partial charge >= 0.3 is 0 Å². The first-order chi connectivity index (χ1) is 28.9. The van der Waals surface area contributed by atoms with E-state index in [2.05, 4.69) is 182 Å². The van der Waals surface area contributed by atoms with Gasteiger partial charge in [0, 0.05) is 38.6 Å². The van der Waals surface area contributed by atoms with Crippen LogP contribution in [0.2, 0.25) is 0 Å². The molecule has 0 saturated carbocycles. The Morgan fingerprint density at radius 2 is 0.833 bits per heavy atom. The zero-order valence-corrected chi connectivity index (χ0v) is 35.5. The number of nitrogens with zero attached hydrogens (tertiary/aromatic N) is 2. The van der Waals surface area contributed by atoms with Crippen LogP contribution in [0.1, 0.15) is 13.8 Å². The first kappa shape index (κ1) is 41.1. The van der Waals surface area contributed by atoms with Crippen LogP contribution in [0.3, 0.4) is 0 Å². The fraction of sp³-hybridized carbons (Fsp3) is 0.0364. The number of benzene rings is 8. The Kier molecular flexibility index (Phi) is 13.1. The van der Waals surface area contributed by atoms with Crippen LogP contribution >= 0.6 is 0 Å². The molecule has 1 N–H and O–H groups in total. The van der Waals surface area contributed by atoms with Crippen molar-refractivity contribution in [3.8, 4) is 44.8 Å². The molecule has 0 aliphatic heterocycles. The van der Waals surface area contributed by atoms with Gasteiger partial charge in [0.2, 0.25) is 0 Å². The number of fused-ring (bicyclic) bond motifs is 4. The summed E-state index contributed by atoms with van der Waals surface area (Å²) in [6.45, 7) is 2.85. The summed E-state index contributed by atoms with van der Waals surface area (Å²) in [4.78, 5) is 19.5. The number of carbonyl (C=O) groups excluding carboxylic acids is 1. The van der Waals surface area contributed by atoms with E-state index in [-0.39, 0.29) is 31.6 Å². The molecule has 4 nitrogen and oxygen atoms in total. The molecule has 0 amide bonds. The fourth-order valence-corrected chi connectivity index (χ4v) is 7.40. The van der Waals surface area contributed by atoms with Crippen LogP contribution < -0.4 is 0 Å². The minimum Gasteiger partial charge on any atom is -0.512 e. The third-order valence-electron chi connectivity index (χ3n) is 10.1. The van der Waals surface area contributed by atoms with Gasteiger partial charge < -0.3 is 15.1 Å². The van der Waals surface area contributed by atoms with Crippen molar-refractivity contribution in [3.05, 3.63) is 218 Å². The first-order valence-corrected chi connectivity index (χ1v) is 19.5. The van der Waals surface area contributed by atoms with Crippen molar-refractivity contribution in [1.29, 1.82) is 0 Å². The number of pyridine rings is 2. The summed E-state index contributed by atoms with van der Waals surface area (Å²) in [5.41, 5.74) is 8.68. The van der Waals surface area contributed by atoms with Gasteiger partial charge in [-0.3, -0.25) is 4.79 Å². The van der Waals surface area contributed by atoms with Gasteiger partial charge in [-0.15, -0.1) is 58.3 Å². The standard InChI is InChI=1S/2C25H16N.C5H8O2.Ir/c2*1-3-11-21-18(7-1)9-5-13-23(21)20-15-16-25(26-17-20)24-14-6-10-19-8-2-4-12-22(19)24;1-4(6)3-5(2)7;/h2*1-13,15-17H;3,6H,1-2H3;/q2*-1;;/b;;4-3-;. The topological polar surface area (TPSA) is 63.1 Å². The molecule has 10 rings (SSSR count). The summed E-state index contributed by atoms with van der Waals surface area (Å²) in [5, 5.41) is 18.1. The van der Waals surface area contributed by atoms with E-state index in [1.165, 1.54) is 74.1 Å². The van der Waals surface area contributed by atoms with Gasteiger partial charge in [-0.05, 0) is 69.0 Å². The van der Waals surface area contributed by atoms with Crippen molar-refractivity contribution in [3.63, 3.8) is 0 Å². The Balaban J connectivity index is 0.000000155. The summed E-state index contributed by atoms with van der Waals surface area (Å²) in [5.74, 6) is -0.0625. The average molecular weight is 953 g/mol. The molecule has 0 spiro atoms. The van der Waals surface area contributed by atoms with Gasteiger partial charge in [-0.1, -0.05) is 168 Å². The summed E-state index contributed by atoms with van der Waals surface area (Å²) in [7, 11) is 0. The van der Waals surface area contributed by atoms with E-state index in [0.717, 1.165) is 33.6 Å². The molecule has 0 bridgehead atoms. The number of aromatic nitrogens is 2. The Labute approximate surface area is 363 Å². The van der Waals surface area contributed by atoms with Crippen LogP contribution in [0.5, 0.6) is 0 Å². The number of hydrogen-bond acceptors (Lipinski definition) is 4. The van der Waals surface area contributed by atoms with Gasteiger partial charge in [0.15, 0.2) is 5.78 Å². The summed E-state index contributed by atoms with van der Waals surface area (Å²) < 4.78 is 0. The minimum atomic E-state index is -0.125. The molecule has 293 valence electrons. The number of aliphatic hydroxyl groups is 1. The predicted octanol–water partition coefficient (Wildman–Crippen LogP) is 14.1. The maximum Gasteiger partial charge on any atom is 0.155 e. The molecular weight excluding hydrogens is 913 g/mol. The zero-order chi connectivity index (χ0) is 40.6. The van der Waals surface area contributed by atoms with E-state index in [1.807, 2.05) is 24.5 Å². The molecule has 5 heteroatoms. The monoisotopic (exact) mass is 953 g/mol. The van der Waals surface area contributed by atoms with E-state index >= 15 is 0 Å². The number of aliphatic hydroxyl groups excluding tert-OH is 1. The quantitative estimate of drug-likeness (QED) is 0.106. The van der Waals surface area contributed by atoms with Gasteiger partial charge in [-0.25, -0.2) is 0 Å². The van der Waals surface area contributed by atoms with Crippen LogP contribution in [0, 0.1) is 12.1 Å². The summed E-state index contributed by atoms with van der Waals surface area (Å²) >= 11 is 0. The van der Waals surface area contributed by atoms with Crippen molar-refractivity contribution in [1.82, 2.24) is 9.97 Å². The van der Waals surface area contributed by atoms with Crippen molar-refractivity contribution in [2.24, 2.45) is 0 Å². The van der Waals surface area contributed by atoms with Gasteiger partial charge in [0.05, 0.1) is 5.76 Å². The number of rotatable bonds is 5. The van der Waals surface area contributed by atoms with Crippen molar-refractivity contribution in [2.75, 3.05) is 0 Å². The molecule has 0 atom stereocenters. The van der Waals surface area contributed by atoms with E-state index in [0.29, 0.717) is 0 Å².